The van der Waals surface area contributed by atoms with Gasteiger partial charge in [-0.3, -0.25) is 19.8 Å². The van der Waals surface area contributed by atoms with Gasteiger partial charge in [-0.1, -0.05) is 11.6 Å². The Kier molecular flexibility index (Phi) is 8.80. The molecule has 1 amide bonds. The van der Waals surface area contributed by atoms with Crippen molar-refractivity contribution in [2.75, 3.05) is 45.9 Å². The molecule has 1 aliphatic heterocycles. The second kappa shape index (κ2) is 11.6. The van der Waals surface area contributed by atoms with Gasteiger partial charge in [0, 0.05) is 45.2 Å². The van der Waals surface area contributed by atoms with Gasteiger partial charge >= 0.3 is 0 Å². The Hall–Kier alpha value is -2.51. The standard InChI is InChI=1S/C20H25ClN4O7S/c21-18-4-3-17(14-19(18)25(27)28)33(29,30)24(15-16-2-1-11-32-16)7-5-20(26)22-6-8-23-9-12-31-13-10-23/h1-4,11,14H,5-10,12-13,15H2,(H,22,26). The van der Waals surface area contributed by atoms with Crippen LogP contribution in [-0.2, 0) is 26.1 Å². The van der Waals surface area contributed by atoms with Gasteiger partial charge in [0.2, 0.25) is 15.9 Å². The number of furan rings is 1. The highest BCUT2D eigenvalue weighted by molar-refractivity contribution is 7.89. The summed E-state index contributed by atoms with van der Waals surface area (Å²) in [6, 6.07) is 6.49. The lowest BCUT2D eigenvalue weighted by Crippen LogP contribution is -2.42. The van der Waals surface area contributed by atoms with E-state index in [4.69, 9.17) is 20.8 Å². The molecule has 2 aromatic rings. The molecule has 11 nitrogen and oxygen atoms in total. The Bertz CT molecular complexity index is 1060. The molecule has 1 N–H and O–H groups in total. The number of rotatable bonds is 11. The molecule has 1 aromatic heterocycles. The lowest BCUT2D eigenvalue weighted by Gasteiger charge is -2.26. The van der Waals surface area contributed by atoms with Crippen molar-refractivity contribution in [1.29, 1.82) is 0 Å². The first-order valence-corrected chi connectivity index (χ1v) is 12.1. The first-order chi connectivity index (χ1) is 15.8. The predicted molar refractivity (Wildman–Crippen MR) is 119 cm³/mol. The molecule has 13 heteroatoms. The van der Waals surface area contributed by atoms with E-state index >= 15 is 0 Å². The molecular formula is C20H25ClN4O7S. The third-order valence-electron chi connectivity index (χ3n) is 5.11. The van der Waals surface area contributed by atoms with Crippen LogP contribution in [-0.4, -0.2) is 74.4 Å². The molecule has 0 saturated carbocycles. The molecule has 1 aliphatic rings. The fourth-order valence-electron chi connectivity index (χ4n) is 3.30. The number of nitrogens with one attached hydrogen (secondary N) is 1. The zero-order valence-corrected chi connectivity index (χ0v) is 19.4. The number of benzene rings is 1. The second-order valence-corrected chi connectivity index (χ2v) is 9.69. The minimum Gasteiger partial charge on any atom is -0.468 e. The van der Waals surface area contributed by atoms with Crippen molar-refractivity contribution < 1.29 is 27.3 Å². The Morgan fingerprint density at radius 1 is 1.27 bits per heavy atom. The SMILES string of the molecule is O=C(CCN(Cc1ccco1)S(=O)(=O)c1ccc(Cl)c([N+](=O)[O-])c1)NCCN1CCOCC1. The monoisotopic (exact) mass is 500 g/mol. The van der Waals surface area contributed by atoms with E-state index in [1.54, 1.807) is 12.1 Å². The molecule has 3 rings (SSSR count). The molecule has 0 atom stereocenters. The average Bonchev–Trinajstić information content (AvgIpc) is 3.30. The van der Waals surface area contributed by atoms with E-state index in [2.05, 4.69) is 10.2 Å². The average molecular weight is 501 g/mol. The maximum Gasteiger partial charge on any atom is 0.289 e. The molecule has 0 radical (unpaired) electrons. The van der Waals surface area contributed by atoms with Crippen LogP contribution in [0.3, 0.4) is 0 Å². The van der Waals surface area contributed by atoms with Crippen LogP contribution in [0.15, 0.2) is 45.9 Å². The summed E-state index contributed by atoms with van der Waals surface area (Å²) in [5, 5.41) is 13.8. The maximum absolute atomic E-state index is 13.2. The quantitative estimate of drug-likeness (QED) is 0.365. The van der Waals surface area contributed by atoms with E-state index in [-0.39, 0.29) is 35.3 Å². The highest BCUT2D eigenvalue weighted by Gasteiger charge is 2.28. The van der Waals surface area contributed by atoms with Gasteiger partial charge in [-0.25, -0.2) is 8.42 Å². The molecule has 0 unspecified atom stereocenters. The number of nitro benzene ring substituents is 1. The number of nitrogens with zero attached hydrogens (tertiary/aromatic N) is 3. The lowest BCUT2D eigenvalue weighted by atomic mass is 10.3. The van der Waals surface area contributed by atoms with Crippen LogP contribution in [0.2, 0.25) is 5.02 Å². The van der Waals surface area contributed by atoms with Crippen molar-refractivity contribution in [3.05, 3.63) is 57.5 Å². The van der Waals surface area contributed by atoms with Crippen molar-refractivity contribution in [2.45, 2.75) is 17.9 Å². The third kappa shape index (κ3) is 6.98. The van der Waals surface area contributed by atoms with E-state index in [0.717, 1.165) is 29.5 Å². The number of carbonyl (C=O) groups is 1. The Morgan fingerprint density at radius 2 is 2.03 bits per heavy atom. The Morgan fingerprint density at radius 3 is 2.70 bits per heavy atom. The fourth-order valence-corrected chi connectivity index (χ4v) is 4.91. The summed E-state index contributed by atoms with van der Waals surface area (Å²) >= 11 is 5.81. The van der Waals surface area contributed by atoms with Gasteiger partial charge in [0.25, 0.3) is 5.69 Å². The molecule has 2 heterocycles. The largest absolute Gasteiger partial charge is 0.468 e. The molecule has 1 saturated heterocycles. The van der Waals surface area contributed by atoms with Crippen LogP contribution in [0, 0.1) is 10.1 Å². The van der Waals surface area contributed by atoms with Gasteiger partial charge < -0.3 is 14.5 Å². The minimum absolute atomic E-state index is 0.0846. The van der Waals surface area contributed by atoms with Crippen LogP contribution in [0.1, 0.15) is 12.2 Å². The third-order valence-corrected chi connectivity index (χ3v) is 7.27. The van der Waals surface area contributed by atoms with Crippen molar-refractivity contribution in [1.82, 2.24) is 14.5 Å². The summed E-state index contributed by atoms with van der Waals surface area (Å²) in [6.07, 6.45) is 1.32. The van der Waals surface area contributed by atoms with Crippen molar-refractivity contribution in [3.63, 3.8) is 0 Å². The number of carbonyl (C=O) groups excluding carboxylic acids is 1. The zero-order valence-electron chi connectivity index (χ0n) is 17.8. The normalized spacial score (nSPS) is 15.0. The van der Waals surface area contributed by atoms with Gasteiger partial charge in [0.15, 0.2) is 0 Å². The molecular weight excluding hydrogens is 476 g/mol. The van der Waals surface area contributed by atoms with Gasteiger partial charge in [0.1, 0.15) is 10.8 Å². The van der Waals surface area contributed by atoms with Crippen molar-refractivity contribution in [3.8, 4) is 0 Å². The topological polar surface area (TPSA) is 135 Å². The number of ether oxygens (including phenoxy) is 1. The summed E-state index contributed by atoms with van der Waals surface area (Å²) < 4.78 is 38.1. The smallest absolute Gasteiger partial charge is 0.289 e. The van der Waals surface area contributed by atoms with Crippen LogP contribution in [0.5, 0.6) is 0 Å². The molecule has 1 fully saturated rings. The number of morpholine rings is 1. The molecule has 1 aromatic carbocycles. The summed E-state index contributed by atoms with van der Waals surface area (Å²) in [4.78, 5) is 24.7. The molecule has 0 aliphatic carbocycles. The zero-order chi connectivity index (χ0) is 23.8. The first kappa shape index (κ1) is 25.1. The van der Waals surface area contributed by atoms with Crippen LogP contribution in [0.4, 0.5) is 5.69 Å². The molecule has 33 heavy (non-hydrogen) atoms. The van der Waals surface area contributed by atoms with Gasteiger partial charge in [-0.2, -0.15) is 4.31 Å². The number of hydrogen-bond acceptors (Lipinski definition) is 8. The van der Waals surface area contributed by atoms with Crippen molar-refractivity contribution in [2.24, 2.45) is 0 Å². The fraction of sp³-hybridized carbons (Fsp3) is 0.450. The number of hydrogen-bond donors (Lipinski definition) is 1. The number of amides is 1. The van der Waals surface area contributed by atoms with Crippen LogP contribution in [0.25, 0.3) is 0 Å². The number of sulfonamides is 1. The van der Waals surface area contributed by atoms with Gasteiger partial charge in [-0.05, 0) is 24.3 Å². The second-order valence-electron chi connectivity index (χ2n) is 7.34. The van der Waals surface area contributed by atoms with E-state index in [1.165, 1.54) is 12.3 Å². The highest BCUT2D eigenvalue weighted by atomic mass is 35.5. The summed E-state index contributed by atoms with van der Waals surface area (Å²) in [5.41, 5.74) is -0.517. The maximum atomic E-state index is 13.2. The lowest BCUT2D eigenvalue weighted by molar-refractivity contribution is -0.384. The predicted octanol–water partition coefficient (Wildman–Crippen LogP) is 1.87. The molecule has 0 bridgehead atoms. The summed E-state index contributed by atoms with van der Waals surface area (Å²) in [5.74, 6) is 0.0692. The highest BCUT2D eigenvalue weighted by Crippen LogP contribution is 2.29. The number of halogens is 1. The van der Waals surface area contributed by atoms with Gasteiger partial charge in [-0.15, -0.1) is 0 Å². The minimum atomic E-state index is -4.18. The number of nitro groups is 1. The van der Waals surface area contributed by atoms with Gasteiger partial charge in [0.05, 0.1) is 35.8 Å². The summed E-state index contributed by atoms with van der Waals surface area (Å²) in [7, 11) is -4.18. The first-order valence-electron chi connectivity index (χ1n) is 10.3. The van der Waals surface area contributed by atoms with E-state index in [0.29, 0.717) is 32.1 Å². The molecule has 0 spiro atoms. The Balaban J connectivity index is 1.67. The van der Waals surface area contributed by atoms with E-state index in [9.17, 15) is 23.3 Å². The summed E-state index contributed by atoms with van der Waals surface area (Å²) in [6.45, 7) is 3.78. The van der Waals surface area contributed by atoms with E-state index < -0.39 is 20.6 Å². The Labute approximate surface area is 196 Å². The van der Waals surface area contributed by atoms with Crippen molar-refractivity contribution >= 4 is 33.2 Å². The van der Waals surface area contributed by atoms with Crippen LogP contribution < -0.4 is 5.32 Å². The van der Waals surface area contributed by atoms with E-state index in [1.807, 2.05) is 0 Å². The van der Waals surface area contributed by atoms with Crippen LogP contribution >= 0.6 is 11.6 Å². The molecule has 180 valence electrons.